The second-order valence-electron chi connectivity index (χ2n) is 5.83. The summed E-state index contributed by atoms with van der Waals surface area (Å²) in [7, 11) is 2.22. The van der Waals surface area contributed by atoms with Crippen molar-refractivity contribution in [2.45, 2.75) is 31.6 Å². The van der Waals surface area contributed by atoms with Crippen LogP contribution in [0, 0.1) is 0 Å². The van der Waals surface area contributed by atoms with E-state index in [0.717, 1.165) is 5.92 Å². The summed E-state index contributed by atoms with van der Waals surface area (Å²) in [5, 5.41) is 0. The van der Waals surface area contributed by atoms with E-state index >= 15 is 0 Å². The number of hydrogen-bond donors (Lipinski definition) is 0. The molecule has 0 aromatic heterocycles. The van der Waals surface area contributed by atoms with Crippen molar-refractivity contribution >= 4 is 5.69 Å². The number of hydrogen-bond acceptors (Lipinski definition) is 2. The van der Waals surface area contributed by atoms with E-state index in [-0.39, 0.29) is 0 Å². The number of benzene rings is 1. The molecule has 2 nitrogen and oxygen atoms in total. The zero-order valence-corrected chi connectivity index (χ0v) is 11.4. The predicted octanol–water partition coefficient (Wildman–Crippen LogP) is 3.10. The molecule has 1 unspecified atom stereocenters. The first-order valence-corrected chi connectivity index (χ1v) is 7.37. The molecule has 1 saturated heterocycles. The standard InChI is InChI=1S/C16H24N2/c1-17-13-14(15-8-2-3-9-16(15)17)7-6-12-18-10-4-5-11-18/h2-3,8-9,14H,4-7,10-13H2,1H3. The largest absolute Gasteiger partial charge is 0.374 e. The van der Waals surface area contributed by atoms with Crippen molar-refractivity contribution in [2.24, 2.45) is 0 Å². The highest BCUT2D eigenvalue weighted by molar-refractivity contribution is 5.59. The summed E-state index contributed by atoms with van der Waals surface area (Å²) in [6.45, 7) is 5.18. The van der Waals surface area contributed by atoms with Crippen LogP contribution >= 0.6 is 0 Å². The molecule has 0 amide bonds. The van der Waals surface area contributed by atoms with Gasteiger partial charge in [0, 0.05) is 25.2 Å². The van der Waals surface area contributed by atoms with E-state index < -0.39 is 0 Å². The highest BCUT2D eigenvalue weighted by Crippen LogP contribution is 2.37. The number of likely N-dealkylation sites (N-methyl/N-ethyl adjacent to an activating group) is 1. The highest BCUT2D eigenvalue weighted by atomic mass is 15.1. The lowest BCUT2D eigenvalue weighted by molar-refractivity contribution is 0.326. The Labute approximate surface area is 111 Å². The van der Waals surface area contributed by atoms with Crippen LogP contribution in [-0.2, 0) is 0 Å². The molecule has 0 spiro atoms. The summed E-state index contributed by atoms with van der Waals surface area (Å²) >= 11 is 0. The third-order valence-corrected chi connectivity index (χ3v) is 4.51. The van der Waals surface area contributed by atoms with E-state index in [9.17, 15) is 0 Å². The zero-order valence-electron chi connectivity index (χ0n) is 11.4. The molecule has 0 saturated carbocycles. The molecule has 0 N–H and O–H groups in total. The summed E-state index contributed by atoms with van der Waals surface area (Å²) in [5.41, 5.74) is 3.02. The molecular formula is C16H24N2. The smallest absolute Gasteiger partial charge is 0.0399 e. The van der Waals surface area contributed by atoms with Gasteiger partial charge in [-0.15, -0.1) is 0 Å². The Balaban J connectivity index is 1.54. The topological polar surface area (TPSA) is 6.48 Å². The van der Waals surface area contributed by atoms with E-state index in [4.69, 9.17) is 0 Å². The van der Waals surface area contributed by atoms with E-state index in [1.165, 1.54) is 57.5 Å². The van der Waals surface area contributed by atoms with Crippen molar-refractivity contribution in [1.29, 1.82) is 0 Å². The Morgan fingerprint density at radius 1 is 1.17 bits per heavy atom. The Morgan fingerprint density at radius 3 is 2.78 bits per heavy atom. The maximum absolute atomic E-state index is 2.63. The SMILES string of the molecule is CN1CC(CCCN2CCCC2)c2ccccc21. The fourth-order valence-corrected chi connectivity index (χ4v) is 3.52. The number of fused-ring (bicyclic) bond motifs is 1. The second-order valence-corrected chi connectivity index (χ2v) is 5.83. The molecule has 2 aliphatic heterocycles. The minimum Gasteiger partial charge on any atom is -0.374 e. The maximum atomic E-state index is 2.63. The molecule has 0 bridgehead atoms. The van der Waals surface area contributed by atoms with Gasteiger partial charge < -0.3 is 9.80 Å². The van der Waals surface area contributed by atoms with Crippen LogP contribution in [0.5, 0.6) is 0 Å². The van der Waals surface area contributed by atoms with Crippen LogP contribution in [0.15, 0.2) is 24.3 Å². The monoisotopic (exact) mass is 244 g/mol. The van der Waals surface area contributed by atoms with Crippen molar-refractivity contribution < 1.29 is 0 Å². The molecule has 1 atom stereocenters. The molecular weight excluding hydrogens is 220 g/mol. The predicted molar refractivity (Wildman–Crippen MR) is 77.4 cm³/mol. The highest BCUT2D eigenvalue weighted by Gasteiger charge is 2.25. The fourth-order valence-electron chi connectivity index (χ4n) is 3.52. The molecule has 0 radical (unpaired) electrons. The quantitative estimate of drug-likeness (QED) is 0.803. The minimum atomic E-state index is 0.758. The molecule has 98 valence electrons. The summed E-state index contributed by atoms with van der Waals surface area (Å²) in [6, 6.07) is 8.92. The lowest BCUT2D eigenvalue weighted by atomic mass is 9.96. The molecule has 2 heteroatoms. The van der Waals surface area contributed by atoms with Crippen LogP contribution in [0.25, 0.3) is 0 Å². The van der Waals surface area contributed by atoms with Crippen LogP contribution < -0.4 is 4.90 Å². The third-order valence-electron chi connectivity index (χ3n) is 4.51. The molecule has 2 aliphatic rings. The number of para-hydroxylation sites is 1. The molecule has 3 rings (SSSR count). The fraction of sp³-hybridized carbons (Fsp3) is 0.625. The van der Waals surface area contributed by atoms with Crippen molar-refractivity contribution in [3.63, 3.8) is 0 Å². The number of likely N-dealkylation sites (tertiary alicyclic amines) is 1. The van der Waals surface area contributed by atoms with Crippen molar-refractivity contribution in [1.82, 2.24) is 4.90 Å². The van der Waals surface area contributed by atoms with Gasteiger partial charge in [-0.2, -0.15) is 0 Å². The van der Waals surface area contributed by atoms with Crippen LogP contribution in [-0.4, -0.2) is 38.1 Å². The first-order valence-electron chi connectivity index (χ1n) is 7.37. The summed E-state index contributed by atoms with van der Waals surface area (Å²) < 4.78 is 0. The minimum absolute atomic E-state index is 0.758. The van der Waals surface area contributed by atoms with Gasteiger partial charge in [-0.05, 0) is 56.9 Å². The van der Waals surface area contributed by atoms with Gasteiger partial charge in [-0.25, -0.2) is 0 Å². The number of nitrogens with zero attached hydrogens (tertiary/aromatic N) is 2. The van der Waals surface area contributed by atoms with Crippen LogP contribution in [0.3, 0.4) is 0 Å². The van der Waals surface area contributed by atoms with Gasteiger partial charge >= 0.3 is 0 Å². The van der Waals surface area contributed by atoms with Gasteiger partial charge in [0.05, 0.1) is 0 Å². The first-order chi connectivity index (χ1) is 8.84. The molecule has 1 aromatic carbocycles. The van der Waals surface area contributed by atoms with E-state index in [1.54, 1.807) is 5.56 Å². The molecule has 2 heterocycles. The Hall–Kier alpha value is -1.02. The van der Waals surface area contributed by atoms with E-state index in [1.807, 2.05) is 0 Å². The van der Waals surface area contributed by atoms with Gasteiger partial charge in [-0.3, -0.25) is 0 Å². The number of anilines is 1. The van der Waals surface area contributed by atoms with Crippen LogP contribution in [0.2, 0.25) is 0 Å². The van der Waals surface area contributed by atoms with Gasteiger partial charge in [0.25, 0.3) is 0 Å². The van der Waals surface area contributed by atoms with Crippen molar-refractivity contribution in [3.05, 3.63) is 29.8 Å². The lowest BCUT2D eigenvalue weighted by Gasteiger charge is -2.16. The van der Waals surface area contributed by atoms with E-state index in [0.29, 0.717) is 0 Å². The van der Waals surface area contributed by atoms with E-state index in [2.05, 4.69) is 41.1 Å². The molecule has 1 aromatic rings. The second kappa shape index (κ2) is 5.31. The number of rotatable bonds is 4. The van der Waals surface area contributed by atoms with Gasteiger partial charge in [0.2, 0.25) is 0 Å². The summed E-state index contributed by atoms with van der Waals surface area (Å²) in [6.07, 6.45) is 5.52. The summed E-state index contributed by atoms with van der Waals surface area (Å²) in [5.74, 6) is 0.758. The molecule has 0 aliphatic carbocycles. The third kappa shape index (κ3) is 2.39. The zero-order chi connectivity index (χ0) is 12.4. The average Bonchev–Trinajstić information content (AvgIpc) is 3.00. The van der Waals surface area contributed by atoms with Crippen LogP contribution in [0.4, 0.5) is 5.69 Å². The first kappa shape index (κ1) is 12.0. The lowest BCUT2D eigenvalue weighted by Crippen LogP contribution is -2.21. The Morgan fingerprint density at radius 2 is 1.94 bits per heavy atom. The Kier molecular flexibility index (Phi) is 3.55. The molecule has 18 heavy (non-hydrogen) atoms. The Bertz CT molecular complexity index is 396. The normalized spacial score (nSPS) is 23.6. The van der Waals surface area contributed by atoms with Gasteiger partial charge in [-0.1, -0.05) is 18.2 Å². The maximum Gasteiger partial charge on any atom is 0.0399 e. The van der Waals surface area contributed by atoms with Gasteiger partial charge in [0.1, 0.15) is 0 Å². The molecule has 1 fully saturated rings. The van der Waals surface area contributed by atoms with Crippen LogP contribution in [0.1, 0.15) is 37.2 Å². The van der Waals surface area contributed by atoms with Gasteiger partial charge in [0.15, 0.2) is 0 Å². The van der Waals surface area contributed by atoms with Crippen molar-refractivity contribution in [3.8, 4) is 0 Å². The van der Waals surface area contributed by atoms with Crippen molar-refractivity contribution in [2.75, 3.05) is 38.1 Å². The summed E-state index contributed by atoms with van der Waals surface area (Å²) in [4.78, 5) is 5.04. The average molecular weight is 244 g/mol.